The van der Waals surface area contributed by atoms with E-state index in [1.165, 1.54) is 11.1 Å². The van der Waals surface area contributed by atoms with Gasteiger partial charge in [-0.2, -0.15) is 5.10 Å². The second kappa shape index (κ2) is 10.6. The van der Waals surface area contributed by atoms with Gasteiger partial charge in [-0.15, -0.1) is 24.0 Å². The summed E-state index contributed by atoms with van der Waals surface area (Å²) in [6, 6.07) is 10.4. The summed E-state index contributed by atoms with van der Waals surface area (Å²) in [5.41, 5.74) is 2.45. The number of aliphatic imine (C=N–C) groups is 1. The van der Waals surface area contributed by atoms with Crippen LogP contribution in [0.1, 0.15) is 36.4 Å². The number of amides is 1. The lowest BCUT2D eigenvalue weighted by Crippen LogP contribution is -2.42. The van der Waals surface area contributed by atoms with Gasteiger partial charge in [0.05, 0.1) is 12.2 Å². The minimum atomic E-state index is -0.00493. The van der Waals surface area contributed by atoms with Gasteiger partial charge < -0.3 is 15.1 Å². The van der Waals surface area contributed by atoms with Gasteiger partial charge in [-0.1, -0.05) is 30.3 Å². The fourth-order valence-electron chi connectivity index (χ4n) is 3.42. The van der Waals surface area contributed by atoms with Crippen molar-refractivity contribution in [2.45, 2.75) is 25.3 Å². The Morgan fingerprint density at radius 2 is 2.07 bits per heavy atom. The third kappa shape index (κ3) is 6.19. The van der Waals surface area contributed by atoms with Crippen molar-refractivity contribution >= 4 is 35.8 Å². The molecule has 0 radical (unpaired) electrons. The highest BCUT2D eigenvalue weighted by Crippen LogP contribution is 2.27. The summed E-state index contributed by atoms with van der Waals surface area (Å²) >= 11 is 0. The van der Waals surface area contributed by atoms with E-state index in [0.717, 1.165) is 25.5 Å². The normalized spacial score (nSPS) is 17.6. The highest BCUT2D eigenvalue weighted by molar-refractivity contribution is 14.0. The predicted octanol–water partition coefficient (Wildman–Crippen LogP) is 2.62. The molecule has 1 saturated heterocycles. The molecule has 1 aliphatic heterocycles. The Morgan fingerprint density at radius 1 is 1.34 bits per heavy atom. The van der Waals surface area contributed by atoms with Crippen molar-refractivity contribution in [2.24, 2.45) is 12.0 Å². The Balaban J connectivity index is 0.00000300. The number of aromatic nitrogens is 2. The van der Waals surface area contributed by atoms with Crippen molar-refractivity contribution in [3.05, 3.63) is 53.9 Å². The van der Waals surface area contributed by atoms with Gasteiger partial charge in [-0.05, 0) is 24.5 Å². The number of aryl methyl sites for hydroxylation is 1. The molecule has 1 aliphatic rings. The van der Waals surface area contributed by atoms with E-state index in [1.54, 1.807) is 19.0 Å². The second-order valence-corrected chi connectivity index (χ2v) is 7.58. The van der Waals surface area contributed by atoms with Crippen LogP contribution in [0.5, 0.6) is 0 Å². The third-order valence-corrected chi connectivity index (χ3v) is 5.19. The van der Waals surface area contributed by atoms with Crippen molar-refractivity contribution in [2.75, 3.05) is 33.7 Å². The zero-order valence-electron chi connectivity index (χ0n) is 17.6. The molecule has 2 atom stereocenters. The first-order valence-corrected chi connectivity index (χ1v) is 9.73. The molecule has 1 amide bonds. The molecule has 0 bridgehead atoms. The average Bonchev–Trinajstić information content (AvgIpc) is 3.34. The lowest BCUT2D eigenvalue weighted by Gasteiger charge is -2.26. The number of guanidine groups is 1. The monoisotopic (exact) mass is 510 g/mol. The zero-order chi connectivity index (χ0) is 20.1. The van der Waals surface area contributed by atoms with Gasteiger partial charge in [-0.25, -0.2) is 4.99 Å². The van der Waals surface area contributed by atoms with E-state index in [4.69, 9.17) is 0 Å². The van der Waals surface area contributed by atoms with Crippen molar-refractivity contribution in [3.8, 4) is 0 Å². The van der Waals surface area contributed by atoms with Gasteiger partial charge >= 0.3 is 0 Å². The minimum absolute atomic E-state index is 0. The first-order chi connectivity index (χ1) is 13.4. The summed E-state index contributed by atoms with van der Waals surface area (Å²) in [6.07, 6.45) is 5.08. The number of likely N-dealkylation sites (tertiary alicyclic amines) is 1. The molecule has 3 rings (SSSR count). The van der Waals surface area contributed by atoms with E-state index < -0.39 is 0 Å². The number of benzene rings is 1. The van der Waals surface area contributed by atoms with E-state index >= 15 is 0 Å². The van der Waals surface area contributed by atoms with Crippen LogP contribution < -0.4 is 5.32 Å². The molecular weight excluding hydrogens is 479 g/mol. The minimum Gasteiger partial charge on any atom is -0.350 e. The van der Waals surface area contributed by atoms with E-state index in [-0.39, 0.29) is 42.5 Å². The van der Waals surface area contributed by atoms with Crippen LogP contribution in [0.2, 0.25) is 0 Å². The molecule has 0 aliphatic carbocycles. The van der Waals surface area contributed by atoms with Gasteiger partial charge in [0.2, 0.25) is 5.91 Å². The molecular formula is C21H31IN6O. The van der Waals surface area contributed by atoms with Crippen molar-refractivity contribution in [1.82, 2.24) is 24.9 Å². The maximum absolute atomic E-state index is 12.1. The fraction of sp³-hybridized carbons (Fsp3) is 0.476. The molecule has 0 spiro atoms. The Morgan fingerprint density at radius 3 is 2.69 bits per heavy atom. The molecule has 2 heterocycles. The number of likely N-dealkylation sites (N-methyl/N-ethyl adjacent to an activating group) is 1. The first-order valence-electron chi connectivity index (χ1n) is 9.73. The Bertz CT molecular complexity index is 820. The van der Waals surface area contributed by atoms with Gasteiger partial charge in [0, 0.05) is 46.3 Å². The van der Waals surface area contributed by atoms with Gasteiger partial charge in [0.15, 0.2) is 5.96 Å². The quantitative estimate of drug-likeness (QED) is 0.382. The number of halogens is 1. The Hall–Kier alpha value is -2.10. The largest absolute Gasteiger partial charge is 0.350 e. The molecule has 158 valence electrons. The average molecular weight is 510 g/mol. The van der Waals surface area contributed by atoms with Crippen LogP contribution in [-0.4, -0.2) is 65.2 Å². The van der Waals surface area contributed by atoms with Crippen LogP contribution >= 0.6 is 24.0 Å². The van der Waals surface area contributed by atoms with Gasteiger partial charge in [0.1, 0.15) is 6.54 Å². The highest BCUT2D eigenvalue weighted by Gasteiger charge is 2.28. The predicted molar refractivity (Wildman–Crippen MR) is 127 cm³/mol. The number of carbonyl (C=O) groups excluding carboxylic acids is 1. The molecule has 1 fully saturated rings. The Labute approximate surface area is 190 Å². The summed E-state index contributed by atoms with van der Waals surface area (Å²) in [7, 11) is 5.46. The molecule has 8 heteroatoms. The van der Waals surface area contributed by atoms with Crippen molar-refractivity contribution in [1.29, 1.82) is 0 Å². The summed E-state index contributed by atoms with van der Waals surface area (Å²) in [6.45, 7) is 4.04. The van der Waals surface area contributed by atoms with Gasteiger partial charge in [0.25, 0.3) is 0 Å². The van der Waals surface area contributed by atoms with Crippen LogP contribution in [0.4, 0.5) is 0 Å². The van der Waals surface area contributed by atoms with Crippen LogP contribution in [0.15, 0.2) is 47.7 Å². The highest BCUT2D eigenvalue weighted by atomic mass is 127. The third-order valence-electron chi connectivity index (χ3n) is 5.19. The number of hydrogen-bond donors (Lipinski definition) is 1. The maximum Gasteiger partial charge on any atom is 0.243 e. The van der Waals surface area contributed by atoms with Crippen molar-refractivity contribution < 1.29 is 4.79 Å². The lowest BCUT2D eigenvalue weighted by molar-refractivity contribution is -0.127. The molecule has 1 N–H and O–H groups in total. The topological polar surface area (TPSA) is 65.8 Å². The summed E-state index contributed by atoms with van der Waals surface area (Å²) in [5, 5.41) is 7.83. The van der Waals surface area contributed by atoms with Crippen LogP contribution in [0.25, 0.3) is 0 Å². The van der Waals surface area contributed by atoms with Gasteiger partial charge in [-0.3, -0.25) is 9.48 Å². The number of hydrogen-bond acceptors (Lipinski definition) is 3. The molecule has 2 aromatic rings. The molecule has 2 unspecified atom stereocenters. The number of nitrogens with zero attached hydrogens (tertiary/aromatic N) is 5. The van der Waals surface area contributed by atoms with Crippen LogP contribution in [0.3, 0.4) is 0 Å². The maximum atomic E-state index is 12.1. The zero-order valence-corrected chi connectivity index (χ0v) is 19.9. The number of carbonyl (C=O) groups is 1. The second-order valence-electron chi connectivity index (χ2n) is 7.58. The number of rotatable bonds is 5. The van der Waals surface area contributed by atoms with Crippen LogP contribution in [-0.2, 0) is 11.8 Å². The van der Waals surface area contributed by atoms with Crippen molar-refractivity contribution in [3.63, 3.8) is 0 Å². The Kier molecular flexibility index (Phi) is 8.48. The summed E-state index contributed by atoms with van der Waals surface area (Å²) in [4.78, 5) is 20.5. The standard InChI is InChI=1S/C21H30N6O.HI/c1-16(17-8-6-5-7-9-17)24-21(22-13-20(28)25(2)3)27-11-10-18(15-27)19-12-23-26(4)14-19;/h5-9,12,14,16,18H,10-11,13,15H2,1-4H3,(H,22,24);1H. The van der Waals surface area contributed by atoms with E-state index in [1.807, 2.05) is 36.1 Å². The molecule has 0 saturated carbocycles. The number of nitrogens with one attached hydrogen (secondary N) is 1. The summed E-state index contributed by atoms with van der Waals surface area (Å²) in [5.74, 6) is 1.21. The lowest BCUT2D eigenvalue weighted by atomic mass is 10.0. The molecule has 1 aromatic carbocycles. The van der Waals surface area contributed by atoms with E-state index in [2.05, 4.69) is 45.6 Å². The molecule has 29 heavy (non-hydrogen) atoms. The van der Waals surface area contributed by atoms with E-state index in [0.29, 0.717) is 5.92 Å². The smallest absolute Gasteiger partial charge is 0.243 e. The molecule has 1 aromatic heterocycles. The fourth-order valence-corrected chi connectivity index (χ4v) is 3.42. The molecule has 7 nitrogen and oxygen atoms in total. The summed E-state index contributed by atoms with van der Waals surface area (Å²) < 4.78 is 1.85. The SMILES string of the molecule is CC(NC(=NCC(=O)N(C)C)N1CCC(c2cnn(C)c2)C1)c1ccccc1.I. The first kappa shape index (κ1) is 23.2. The van der Waals surface area contributed by atoms with Crippen LogP contribution in [0, 0.1) is 0 Å². The van der Waals surface area contributed by atoms with E-state index in [9.17, 15) is 4.79 Å².